The maximum atomic E-state index is 15.1. The fraction of sp³-hybridized carbons (Fsp3) is 0.433. The number of hydrogen-bond acceptors (Lipinski definition) is 6. The molecule has 8 rings (SSSR count). The van der Waals surface area contributed by atoms with Gasteiger partial charge in [-0.1, -0.05) is 192 Å². The summed E-state index contributed by atoms with van der Waals surface area (Å²) in [6.07, 6.45) is 12.6. The summed E-state index contributed by atoms with van der Waals surface area (Å²) in [5.74, 6) is -1.59. The first-order chi connectivity index (χ1) is 34.0. The molecule has 5 aromatic rings. The highest BCUT2D eigenvalue weighted by atomic mass is 35.5. The Balaban J connectivity index is 1.09. The molecule has 10 heteroatoms. The quantitative estimate of drug-likeness (QED) is 0.0812. The summed E-state index contributed by atoms with van der Waals surface area (Å²) in [6, 6.07) is 39.6. The van der Waals surface area contributed by atoms with Crippen LogP contribution >= 0.6 is 11.6 Å². The van der Waals surface area contributed by atoms with E-state index in [1.54, 1.807) is 25.1 Å². The second-order valence-corrected chi connectivity index (χ2v) is 20.4. The minimum atomic E-state index is -1.52. The van der Waals surface area contributed by atoms with Gasteiger partial charge in [0.25, 0.3) is 0 Å². The number of esters is 1. The van der Waals surface area contributed by atoms with Crippen LogP contribution in [0, 0.1) is 5.92 Å². The fourth-order valence-electron chi connectivity index (χ4n) is 11.4. The predicted molar refractivity (Wildman–Crippen MR) is 278 cm³/mol. The van der Waals surface area contributed by atoms with Gasteiger partial charge in [0, 0.05) is 54.8 Å². The van der Waals surface area contributed by atoms with Crippen molar-refractivity contribution in [3.05, 3.63) is 166 Å². The van der Waals surface area contributed by atoms with Gasteiger partial charge < -0.3 is 19.3 Å². The molecule has 70 heavy (non-hydrogen) atoms. The van der Waals surface area contributed by atoms with Gasteiger partial charge in [0.1, 0.15) is 18.7 Å². The number of ether oxygens (including phenoxy) is 2. The number of carbonyl (C=O) groups excluding carboxylic acids is 4. The van der Waals surface area contributed by atoms with Crippen molar-refractivity contribution in [3.63, 3.8) is 0 Å². The van der Waals surface area contributed by atoms with Crippen LogP contribution in [0.4, 0.5) is 4.79 Å². The zero-order valence-electron chi connectivity index (χ0n) is 41.5. The van der Waals surface area contributed by atoms with Crippen LogP contribution in [0.2, 0.25) is 5.02 Å². The van der Waals surface area contributed by atoms with Crippen LogP contribution in [0.5, 0.6) is 0 Å². The summed E-state index contributed by atoms with van der Waals surface area (Å²) in [5, 5.41) is 0.417. The summed E-state index contributed by atoms with van der Waals surface area (Å²) >= 11 is 7.13. The monoisotopic (exact) mass is 963 g/mol. The molecule has 1 aliphatic heterocycles. The SMILES string of the molecule is CC(C)[C@@H](C(=O)N(C)[C@@H](CC(=O)OC(c1ccccc1)(c1ccc(C2CCCCCCCCC2)cc1)c1ccccc1Cl)C(=O)N1CCCCC1)N(C)C(=O)OCC1c2ccccc2-c2ccccc21. The van der Waals surface area contributed by atoms with E-state index in [0.717, 1.165) is 59.9 Å². The lowest BCUT2D eigenvalue weighted by atomic mass is 9.78. The highest BCUT2D eigenvalue weighted by Gasteiger charge is 2.45. The minimum Gasteiger partial charge on any atom is -0.448 e. The smallest absolute Gasteiger partial charge is 0.410 e. The number of rotatable bonds is 14. The molecule has 3 atom stereocenters. The van der Waals surface area contributed by atoms with E-state index in [1.807, 2.05) is 86.6 Å². The van der Waals surface area contributed by atoms with Crippen LogP contribution in [0.25, 0.3) is 11.1 Å². The fourth-order valence-corrected chi connectivity index (χ4v) is 11.6. The molecule has 368 valence electrons. The Hall–Kier alpha value is -5.93. The third-order valence-corrected chi connectivity index (χ3v) is 15.5. The molecule has 0 bridgehead atoms. The normalized spacial score (nSPS) is 17.3. The van der Waals surface area contributed by atoms with Gasteiger partial charge in [-0.15, -0.1) is 0 Å². The molecule has 0 aromatic heterocycles. The number of hydrogen-bond donors (Lipinski definition) is 0. The van der Waals surface area contributed by atoms with Gasteiger partial charge in [-0.25, -0.2) is 4.79 Å². The molecule has 5 aromatic carbocycles. The Morgan fingerprint density at radius 3 is 1.77 bits per heavy atom. The largest absolute Gasteiger partial charge is 0.448 e. The number of benzene rings is 5. The van der Waals surface area contributed by atoms with E-state index >= 15 is 4.79 Å². The lowest BCUT2D eigenvalue weighted by molar-refractivity contribution is -0.160. The number of nitrogens with zero attached hydrogens (tertiary/aromatic N) is 3. The zero-order chi connectivity index (χ0) is 49.2. The third-order valence-electron chi connectivity index (χ3n) is 15.1. The summed E-state index contributed by atoms with van der Waals surface area (Å²) in [4.78, 5) is 63.4. The molecule has 1 saturated carbocycles. The molecule has 1 unspecified atom stereocenters. The van der Waals surface area contributed by atoms with Crippen LogP contribution < -0.4 is 0 Å². The highest BCUT2D eigenvalue weighted by molar-refractivity contribution is 6.31. The molecule has 0 N–H and O–H groups in total. The first-order valence-corrected chi connectivity index (χ1v) is 26.1. The van der Waals surface area contributed by atoms with Crippen molar-refractivity contribution >= 4 is 35.5 Å². The molecule has 3 amide bonds. The summed E-state index contributed by atoms with van der Waals surface area (Å²) in [6.45, 7) is 4.84. The molecule has 2 aliphatic carbocycles. The van der Waals surface area contributed by atoms with Crippen LogP contribution in [-0.4, -0.2) is 84.5 Å². The van der Waals surface area contributed by atoms with Gasteiger partial charge in [0.2, 0.25) is 11.8 Å². The third kappa shape index (κ3) is 11.0. The average Bonchev–Trinajstić information content (AvgIpc) is 3.71. The second kappa shape index (κ2) is 23.3. The van der Waals surface area contributed by atoms with E-state index in [2.05, 4.69) is 48.5 Å². The van der Waals surface area contributed by atoms with Crippen molar-refractivity contribution in [3.8, 4) is 11.1 Å². The van der Waals surface area contributed by atoms with Gasteiger partial charge in [-0.2, -0.15) is 0 Å². The molecule has 1 heterocycles. The van der Waals surface area contributed by atoms with E-state index < -0.39 is 42.1 Å². The van der Waals surface area contributed by atoms with Crippen LogP contribution in [-0.2, 0) is 29.5 Å². The van der Waals surface area contributed by atoms with E-state index in [0.29, 0.717) is 35.2 Å². The first kappa shape index (κ1) is 50.5. The van der Waals surface area contributed by atoms with Gasteiger partial charge in [-0.05, 0) is 77.8 Å². The van der Waals surface area contributed by atoms with Crippen molar-refractivity contribution in [2.75, 3.05) is 33.8 Å². The molecular weight excluding hydrogens is 894 g/mol. The maximum absolute atomic E-state index is 15.1. The highest BCUT2D eigenvalue weighted by Crippen LogP contribution is 2.46. The minimum absolute atomic E-state index is 0.0891. The van der Waals surface area contributed by atoms with Crippen molar-refractivity contribution in [1.29, 1.82) is 0 Å². The Bertz CT molecular complexity index is 2520. The average molecular weight is 965 g/mol. The van der Waals surface area contributed by atoms with Crippen LogP contribution in [0.3, 0.4) is 0 Å². The summed E-state index contributed by atoms with van der Waals surface area (Å²) < 4.78 is 13.0. The van der Waals surface area contributed by atoms with Gasteiger partial charge >= 0.3 is 12.1 Å². The molecule has 9 nitrogen and oxygen atoms in total. The Labute approximate surface area is 420 Å². The van der Waals surface area contributed by atoms with E-state index in [9.17, 15) is 14.4 Å². The van der Waals surface area contributed by atoms with Gasteiger partial charge in [0.15, 0.2) is 5.60 Å². The molecule has 1 saturated heterocycles. The molecule has 3 aliphatic rings. The predicted octanol–water partition coefficient (Wildman–Crippen LogP) is 12.9. The second-order valence-electron chi connectivity index (χ2n) is 20.0. The van der Waals surface area contributed by atoms with Crippen molar-refractivity contribution in [2.45, 2.75) is 127 Å². The Morgan fingerprint density at radius 1 is 0.643 bits per heavy atom. The maximum Gasteiger partial charge on any atom is 0.410 e. The number of likely N-dealkylation sites (tertiary alicyclic amines) is 1. The molecular formula is C60H70ClN3O6. The van der Waals surface area contributed by atoms with E-state index in [-0.39, 0.29) is 24.3 Å². The lowest BCUT2D eigenvalue weighted by Crippen LogP contribution is -2.57. The van der Waals surface area contributed by atoms with Crippen molar-refractivity contribution < 1.29 is 28.7 Å². The number of piperidine rings is 1. The Kier molecular flexibility index (Phi) is 16.8. The van der Waals surface area contributed by atoms with Crippen molar-refractivity contribution in [1.82, 2.24) is 14.7 Å². The van der Waals surface area contributed by atoms with Gasteiger partial charge in [0.05, 0.1) is 6.42 Å². The standard InChI is InChI=1S/C60H70ClN3O6/c1-42(2)56(63(4)59(68)69-41-51-49-30-18-16-28-47(49)48-29-17-19-31-50(48)51)58(67)62(3)54(57(66)64-38-22-11-23-39-64)40-55(65)70-60(45-26-14-10-15-27-45,52-32-20-21-33-53(52)61)46-36-34-44(35-37-46)43-24-12-8-6-5-7-9-13-25-43/h10,14-21,26-37,42-43,51,54,56H,5-9,11-13,22-25,38-41H2,1-4H3/t54-,56-,60?/m0/s1. The molecule has 0 radical (unpaired) electrons. The van der Waals surface area contributed by atoms with Crippen LogP contribution in [0.15, 0.2) is 127 Å². The zero-order valence-corrected chi connectivity index (χ0v) is 42.2. The van der Waals surface area contributed by atoms with Crippen LogP contribution in [0.1, 0.15) is 143 Å². The molecule has 2 fully saturated rings. The number of amides is 3. The summed E-state index contributed by atoms with van der Waals surface area (Å²) in [7, 11) is 3.12. The van der Waals surface area contributed by atoms with Gasteiger partial charge in [-0.3, -0.25) is 19.3 Å². The van der Waals surface area contributed by atoms with Crippen molar-refractivity contribution in [2.24, 2.45) is 5.92 Å². The van der Waals surface area contributed by atoms with E-state index in [1.165, 1.54) is 60.3 Å². The van der Waals surface area contributed by atoms with E-state index in [4.69, 9.17) is 21.1 Å². The lowest BCUT2D eigenvalue weighted by Gasteiger charge is -2.39. The number of carbonyl (C=O) groups is 4. The Morgan fingerprint density at radius 2 is 1.17 bits per heavy atom. The topological polar surface area (TPSA) is 96.5 Å². The first-order valence-electron chi connectivity index (χ1n) is 25.8. The molecule has 0 spiro atoms. The number of fused-ring (bicyclic) bond motifs is 3. The number of halogens is 1. The number of likely N-dealkylation sites (N-methyl/N-ethyl adjacent to an activating group) is 2. The summed E-state index contributed by atoms with van der Waals surface area (Å²) in [5.41, 5.74) is 6.14.